The maximum absolute atomic E-state index is 12.5. The topological polar surface area (TPSA) is 85.9 Å². The fourth-order valence-corrected chi connectivity index (χ4v) is 3.36. The minimum Gasteiger partial charge on any atom is -0.490 e. The van der Waals surface area contributed by atoms with Gasteiger partial charge in [0.05, 0.1) is 35.9 Å². The molecule has 2 rings (SSSR count). The van der Waals surface area contributed by atoms with E-state index < -0.39 is 12.0 Å². The second-order valence-electron chi connectivity index (χ2n) is 5.90. The highest BCUT2D eigenvalue weighted by Crippen LogP contribution is 2.40. The lowest BCUT2D eigenvalue weighted by Gasteiger charge is -2.28. The van der Waals surface area contributed by atoms with Crippen LogP contribution in [0.5, 0.6) is 11.5 Å². The van der Waals surface area contributed by atoms with E-state index in [1.807, 2.05) is 19.9 Å². The van der Waals surface area contributed by atoms with Crippen LogP contribution in [-0.4, -0.2) is 31.8 Å². The van der Waals surface area contributed by atoms with Gasteiger partial charge in [-0.25, -0.2) is 9.59 Å². The smallest absolute Gasteiger partial charge is 0.338 e. The van der Waals surface area contributed by atoms with Crippen molar-refractivity contribution in [3.05, 3.63) is 33.4 Å². The van der Waals surface area contributed by atoms with Crippen molar-refractivity contribution in [2.75, 3.05) is 19.8 Å². The molecule has 2 amide bonds. The number of hydrogen-bond acceptors (Lipinski definition) is 5. The Kier molecular flexibility index (Phi) is 7.53. The van der Waals surface area contributed by atoms with E-state index in [1.54, 1.807) is 19.9 Å². The summed E-state index contributed by atoms with van der Waals surface area (Å²) in [6.07, 6.45) is 0.860. The predicted octanol–water partition coefficient (Wildman–Crippen LogP) is 3.83. The minimum atomic E-state index is -0.659. The van der Waals surface area contributed by atoms with Gasteiger partial charge in [-0.3, -0.25) is 0 Å². The molecule has 8 heteroatoms. The number of rotatable bonds is 8. The zero-order valence-corrected chi connectivity index (χ0v) is 17.6. The molecular formula is C19H25BrN2O5. The fraction of sp³-hybridized carbons (Fsp3) is 0.474. The molecule has 0 bridgehead atoms. The van der Waals surface area contributed by atoms with Gasteiger partial charge < -0.3 is 24.8 Å². The first-order valence-electron chi connectivity index (χ1n) is 8.97. The van der Waals surface area contributed by atoms with Crippen molar-refractivity contribution in [2.45, 2.75) is 40.2 Å². The van der Waals surface area contributed by atoms with Crippen molar-refractivity contribution in [3.63, 3.8) is 0 Å². The van der Waals surface area contributed by atoms with E-state index in [-0.39, 0.29) is 12.6 Å². The molecule has 0 saturated heterocycles. The monoisotopic (exact) mass is 440 g/mol. The van der Waals surface area contributed by atoms with Gasteiger partial charge in [0.1, 0.15) is 0 Å². The molecule has 0 radical (unpaired) electrons. The first-order chi connectivity index (χ1) is 12.9. The molecule has 1 heterocycles. The third-order valence-electron chi connectivity index (χ3n) is 3.88. The van der Waals surface area contributed by atoms with E-state index >= 15 is 0 Å². The van der Waals surface area contributed by atoms with E-state index in [0.29, 0.717) is 46.0 Å². The number of hydrogen-bond donors (Lipinski definition) is 2. The zero-order chi connectivity index (χ0) is 20.0. The largest absolute Gasteiger partial charge is 0.490 e. The molecule has 1 aromatic carbocycles. The Morgan fingerprint density at radius 1 is 1.19 bits per heavy atom. The summed E-state index contributed by atoms with van der Waals surface area (Å²) in [6, 6.07) is 2.55. The average Bonchev–Trinajstić information content (AvgIpc) is 2.60. The van der Waals surface area contributed by atoms with Gasteiger partial charge in [-0.1, -0.05) is 6.92 Å². The second kappa shape index (κ2) is 9.64. The highest BCUT2D eigenvalue weighted by molar-refractivity contribution is 9.10. The Morgan fingerprint density at radius 3 is 2.56 bits per heavy atom. The van der Waals surface area contributed by atoms with Crippen molar-refractivity contribution in [1.29, 1.82) is 0 Å². The summed E-state index contributed by atoms with van der Waals surface area (Å²) in [4.78, 5) is 24.5. The standard InChI is InChI=1S/C19H25BrN2O5/c1-5-8-27-17-13(20)9-12(10-14(17)25-6-2)16-15(18(23)26-7-3)11(4)21-19(24)22-16/h9-10,16H,5-8H2,1-4H3,(H2,21,22,24). The van der Waals surface area contributed by atoms with Gasteiger partial charge in [-0.05, 0) is 60.8 Å². The van der Waals surface area contributed by atoms with Crippen LogP contribution in [0.1, 0.15) is 45.7 Å². The van der Waals surface area contributed by atoms with Gasteiger partial charge in [-0.15, -0.1) is 0 Å². The van der Waals surface area contributed by atoms with Gasteiger partial charge in [0.2, 0.25) is 0 Å². The molecule has 1 aliphatic rings. The molecule has 27 heavy (non-hydrogen) atoms. The molecule has 2 N–H and O–H groups in total. The molecule has 1 unspecified atom stereocenters. The van der Waals surface area contributed by atoms with Crippen LogP contribution < -0.4 is 20.1 Å². The third-order valence-corrected chi connectivity index (χ3v) is 4.47. The molecule has 148 valence electrons. The Hall–Kier alpha value is -2.22. The number of allylic oxidation sites excluding steroid dienone is 1. The zero-order valence-electron chi connectivity index (χ0n) is 16.0. The minimum absolute atomic E-state index is 0.244. The number of halogens is 1. The van der Waals surface area contributed by atoms with Crippen molar-refractivity contribution in [2.24, 2.45) is 0 Å². The Labute approximate surface area is 167 Å². The summed E-state index contributed by atoms with van der Waals surface area (Å²) in [5.74, 6) is 0.665. The highest BCUT2D eigenvalue weighted by Gasteiger charge is 2.33. The van der Waals surface area contributed by atoms with Gasteiger partial charge in [0, 0.05) is 5.70 Å². The van der Waals surface area contributed by atoms with E-state index in [0.717, 1.165) is 6.42 Å². The fourth-order valence-electron chi connectivity index (χ4n) is 2.79. The molecule has 0 fully saturated rings. The van der Waals surface area contributed by atoms with Crippen molar-refractivity contribution < 1.29 is 23.8 Å². The van der Waals surface area contributed by atoms with Crippen molar-refractivity contribution in [3.8, 4) is 11.5 Å². The number of urea groups is 1. The summed E-state index contributed by atoms with van der Waals surface area (Å²) >= 11 is 3.52. The average molecular weight is 441 g/mol. The molecule has 1 atom stereocenters. The van der Waals surface area contributed by atoms with Crippen molar-refractivity contribution in [1.82, 2.24) is 10.6 Å². The lowest BCUT2D eigenvalue weighted by Crippen LogP contribution is -2.45. The normalized spacial score (nSPS) is 16.5. The predicted molar refractivity (Wildman–Crippen MR) is 105 cm³/mol. The molecule has 0 saturated carbocycles. The van der Waals surface area contributed by atoms with Crippen LogP contribution in [0.2, 0.25) is 0 Å². The summed E-state index contributed by atoms with van der Waals surface area (Å²) < 4.78 is 17.4. The number of ether oxygens (including phenoxy) is 3. The first kappa shape index (κ1) is 21.1. The Balaban J connectivity index is 2.51. The van der Waals surface area contributed by atoms with Crippen LogP contribution in [0.3, 0.4) is 0 Å². The lowest BCUT2D eigenvalue weighted by molar-refractivity contribution is -0.139. The highest BCUT2D eigenvalue weighted by atomic mass is 79.9. The van der Waals surface area contributed by atoms with E-state index in [1.165, 1.54) is 0 Å². The summed E-state index contributed by atoms with van der Waals surface area (Å²) in [5, 5.41) is 5.41. The van der Waals surface area contributed by atoms with Crippen LogP contribution in [0.15, 0.2) is 27.9 Å². The number of carbonyl (C=O) groups is 2. The number of nitrogens with one attached hydrogen (secondary N) is 2. The maximum atomic E-state index is 12.5. The number of carbonyl (C=O) groups excluding carboxylic acids is 2. The van der Waals surface area contributed by atoms with Gasteiger partial charge in [0.25, 0.3) is 0 Å². The van der Waals surface area contributed by atoms with Gasteiger partial charge >= 0.3 is 12.0 Å². The summed E-state index contributed by atoms with van der Waals surface area (Å²) in [6.45, 7) is 8.56. The molecule has 1 aliphatic heterocycles. The molecule has 1 aromatic rings. The summed E-state index contributed by atoms with van der Waals surface area (Å²) in [7, 11) is 0. The molecule has 7 nitrogen and oxygen atoms in total. The maximum Gasteiger partial charge on any atom is 0.338 e. The number of benzene rings is 1. The van der Waals surface area contributed by atoms with Crippen LogP contribution in [0, 0.1) is 0 Å². The molecule has 0 aliphatic carbocycles. The number of amides is 2. The van der Waals surface area contributed by atoms with E-state index in [4.69, 9.17) is 14.2 Å². The van der Waals surface area contributed by atoms with Gasteiger partial charge in [-0.2, -0.15) is 0 Å². The molecular weight excluding hydrogens is 416 g/mol. The van der Waals surface area contributed by atoms with Crippen LogP contribution >= 0.6 is 15.9 Å². The SMILES string of the molecule is CCCOc1c(Br)cc(C2NC(=O)NC(C)=C2C(=O)OCC)cc1OCC. The lowest BCUT2D eigenvalue weighted by atomic mass is 9.95. The second-order valence-corrected chi connectivity index (χ2v) is 6.76. The molecule has 0 aromatic heterocycles. The van der Waals surface area contributed by atoms with Crippen LogP contribution in [-0.2, 0) is 9.53 Å². The van der Waals surface area contributed by atoms with Crippen molar-refractivity contribution >= 4 is 27.9 Å². The van der Waals surface area contributed by atoms with Crippen LogP contribution in [0.4, 0.5) is 4.79 Å². The number of esters is 1. The third kappa shape index (κ3) is 4.94. The Morgan fingerprint density at radius 2 is 1.93 bits per heavy atom. The van der Waals surface area contributed by atoms with Gasteiger partial charge in [0.15, 0.2) is 11.5 Å². The van der Waals surface area contributed by atoms with E-state index in [2.05, 4.69) is 26.6 Å². The first-order valence-corrected chi connectivity index (χ1v) is 9.76. The quantitative estimate of drug-likeness (QED) is 0.599. The molecule has 0 spiro atoms. The van der Waals surface area contributed by atoms with E-state index in [9.17, 15) is 9.59 Å². The Bertz CT molecular complexity index is 748. The summed E-state index contributed by atoms with van der Waals surface area (Å²) in [5.41, 5.74) is 1.50. The van der Waals surface area contributed by atoms with Crippen LogP contribution in [0.25, 0.3) is 0 Å².